The Labute approximate surface area is 309 Å². The van der Waals surface area contributed by atoms with Gasteiger partial charge in [-0.15, -0.1) is 0 Å². The van der Waals surface area contributed by atoms with Crippen molar-refractivity contribution < 1.29 is 28.0 Å². The topological polar surface area (TPSA) is 163 Å². The molecule has 0 saturated carbocycles. The van der Waals surface area contributed by atoms with Gasteiger partial charge in [0.1, 0.15) is 35.2 Å². The summed E-state index contributed by atoms with van der Waals surface area (Å²) in [5.41, 5.74) is -1.47. The minimum atomic E-state index is -1.14. The number of anilines is 2. The maximum atomic E-state index is 16.6. The van der Waals surface area contributed by atoms with Crippen molar-refractivity contribution in [3.05, 3.63) is 82.6 Å². The summed E-state index contributed by atoms with van der Waals surface area (Å²) in [6, 6.07) is 3.15. The molecular weight excluding hydrogens is 700 g/mol. The minimum absolute atomic E-state index is 0.0126. The molecule has 0 spiro atoms. The Morgan fingerprint density at radius 2 is 1.65 bits per heavy atom. The predicted molar refractivity (Wildman–Crippen MR) is 198 cm³/mol. The van der Waals surface area contributed by atoms with Crippen molar-refractivity contribution in [1.29, 1.82) is 0 Å². The zero-order chi connectivity index (χ0) is 39.3. The van der Waals surface area contributed by atoms with E-state index in [-0.39, 0.29) is 76.0 Å². The summed E-state index contributed by atoms with van der Waals surface area (Å²) >= 11 is 0. The molecule has 1 saturated heterocycles. The number of nitrogens with zero attached hydrogens (tertiary/aromatic N) is 7. The second-order valence-corrected chi connectivity index (χ2v) is 14.0. The van der Waals surface area contributed by atoms with Crippen LogP contribution in [0.4, 0.5) is 20.3 Å². The Morgan fingerprint density at radius 3 is 2.33 bits per heavy atom. The lowest BCUT2D eigenvalue weighted by atomic mass is 10.0. The van der Waals surface area contributed by atoms with Gasteiger partial charge in [0.05, 0.1) is 22.3 Å². The zero-order valence-corrected chi connectivity index (χ0v) is 31.0. The van der Waals surface area contributed by atoms with Gasteiger partial charge in [0.15, 0.2) is 5.65 Å². The summed E-state index contributed by atoms with van der Waals surface area (Å²) in [5, 5.41) is 5.30. The van der Waals surface area contributed by atoms with E-state index < -0.39 is 58.9 Å². The number of benzene rings is 1. The maximum absolute atomic E-state index is 16.6. The Hall–Kier alpha value is -6.06. The van der Waals surface area contributed by atoms with Crippen molar-refractivity contribution in [2.45, 2.75) is 71.6 Å². The van der Waals surface area contributed by atoms with Crippen LogP contribution in [-0.4, -0.2) is 92.4 Å². The SMILES string of the molecule is C=CC(=O)N1C[C@H](C)N(c2nc(=O)n3c4nc(c(F)cc24)-c2cc(ccc2F)N(C)C(=O)C(C)NC(=O)C(C)NC(=O)c2ccnc(C(C)C)c2-3)C[C@H]1C. The number of hydrogen-bond donors (Lipinski definition) is 2. The Kier molecular flexibility index (Phi) is 10.1. The van der Waals surface area contributed by atoms with Crippen molar-refractivity contribution in [2.24, 2.45) is 0 Å². The number of aromatic nitrogens is 4. The summed E-state index contributed by atoms with van der Waals surface area (Å²) in [7, 11) is 1.42. The molecule has 4 bridgehead atoms. The quantitative estimate of drug-likeness (QED) is 0.300. The normalized spacial score (nSPS) is 20.9. The number of likely N-dealkylation sites (N-methyl/N-ethyl adjacent to an activating group) is 1. The molecule has 5 heterocycles. The number of amides is 4. The molecule has 4 amide bonds. The number of nitrogens with one attached hydrogen (secondary N) is 2. The van der Waals surface area contributed by atoms with Crippen LogP contribution in [-0.2, 0) is 14.4 Å². The highest BCUT2D eigenvalue weighted by Crippen LogP contribution is 2.36. The van der Waals surface area contributed by atoms with Gasteiger partial charge in [0.2, 0.25) is 17.7 Å². The standard InChI is InChI=1S/C38H41F2N9O5/c1-9-29(50)47-16-20(5)48(17-19(47)4)33-26-15-28(40)31-25-14-23(10-11-27(25)39)46(8)37(53)22(7)43-35(51)21(6)42-36(52)24-12-13-41-30(18(2)3)32(24)49(34(26)44-31)38(54)45-33/h9-15,18-22H,1,16-17H2,2-8H3,(H,42,52)(H,43,51)/t19-,20+,21?,22?/m1/s1. The third-order valence-corrected chi connectivity index (χ3v) is 9.88. The molecule has 2 N–H and O–H groups in total. The van der Waals surface area contributed by atoms with Gasteiger partial charge in [-0.25, -0.2) is 23.1 Å². The van der Waals surface area contributed by atoms with Gasteiger partial charge in [-0.1, -0.05) is 20.4 Å². The first-order chi connectivity index (χ1) is 25.5. The van der Waals surface area contributed by atoms with Crippen LogP contribution in [0.3, 0.4) is 0 Å². The molecule has 14 nitrogen and oxygen atoms in total. The van der Waals surface area contributed by atoms with Gasteiger partial charge in [0, 0.05) is 49.7 Å². The smallest absolute Gasteiger partial charge is 0.349 e. The molecule has 16 heteroatoms. The largest absolute Gasteiger partial charge is 0.355 e. The van der Waals surface area contributed by atoms with Crippen molar-refractivity contribution in [1.82, 2.24) is 35.1 Å². The molecule has 2 aliphatic heterocycles. The lowest BCUT2D eigenvalue weighted by Crippen LogP contribution is -2.58. The fourth-order valence-corrected chi connectivity index (χ4v) is 6.93. The predicted octanol–water partition coefficient (Wildman–Crippen LogP) is 3.46. The number of rotatable bonds is 3. The van der Waals surface area contributed by atoms with Crippen molar-refractivity contribution in [3.63, 3.8) is 0 Å². The summed E-state index contributed by atoms with van der Waals surface area (Å²) < 4.78 is 33.4. The van der Waals surface area contributed by atoms with Crippen LogP contribution in [0.5, 0.6) is 0 Å². The Balaban J connectivity index is 1.72. The number of fused-ring (bicyclic) bond motifs is 6. The van der Waals surface area contributed by atoms with Crippen LogP contribution in [0, 0.1) is 11.6 Å². The third kappa shape index (κ3) is 6.56. The van der Waals surface area contributed by atoms with Crippen LogP contribution in [0.1, 0.15) is 63.5 Å². The first-order valence-corrected chi connectivity index (χ1v) is 17.5. The molecule has 54 heavy (non-hydrogen) atoms. The van der Waals surface area contributed by atoms with E-state index in [1.54, 1.807) is 23.6 Å². The Bertz CT molecular complexity index is 2290. The molecule has 2 aliphatic rings. The third-order valence-electron chi connectivity index (χ3n) is 9.88. The average molecular weight is 742 g/mol. The van der Waals surface area contributed by atoms with Gasteiger partial charge < -0.3 is 25.3 Å². The zero-order valence-electron chi connectivity index (χ0n) is 31.0. The number of halogens is 2. The molecule has 2 unspecified atom stereocenters. The molecule has 1 aromatic carbocycles. The Morgan fingerprint density at radius 1 is 0.926 bits per heavy atom. The maximum Gasteiger partial charge on any atom is 0.355 e. The molecule has 3 aromatic heterocycles. The van der Waals surface area contributed by atoms with E-state index in [9.17, 15) is 24.0 Å². The number of pyridine rings is 2. The second-order valence-electron chi connectivity index (χ2n) is 14.0. The summed E-state index contributed by atoms with van der Waals surface area (Å²) in [4.78, 5) is 86.1. The number of hydrogen-bond acceptors (Lipinski definition) is 9. The van der Waals surface area contributed by atoms with Crippen LogP contribution in [0.15, 0.2) is 54.0 Å². The van der Waals surface area contributed by atoms with Crippen molar-refractivity contribution in [2.75, 3.05) is 29.9 Å². The molecule has 282 valence electrons. The van der Waals surface area contributed by atoms with Gasteiger partial charge in [-0.05, 0) is 70.0 Å². The summed E-state index contributed by atoms with van der Waals surface area (Å²) in [5.74, 6) is -4.39. The first-order valence-electron chi connectivity index (χ1n) is 17.5. The van der Waals surface area contributed by atoms with Gasteiger partial charge in [-0.3, -0.25) is 24.2 Å². The fraction of sp³-hybridized carbons (Fsp3) is 0.368. The lowest BCUT2D eigenvalue weighted by molar-refractivity contribution is -0.128. The highest BCUT2D eigenvalue weighted by Gasteiger charge is 2.35. The first kappa shape index (κ1) is 37.7. The van der Waals surface area contributed by atoms with E-state index in [1.165, 1.54) is 56.3 Å². The number of carbonyl (C=O) groups excluding carboxylic acids is 4. The van der Waals surface area contributed by atoms with Crippen LogP contribution < -0.4 is 26.1 Å². The molecule has 4 aromatic rings. The van der Waals surface area contributed by atoms with Gasteiger partial charge in [0.25, 0.3) is 5.91 Å². The summed E-state index contributed by atoms with van der Waals surface area (Å²) in [6.07, 6.45) is 2.61. The van der Waals surface area contributed by atoms with E-state index >= 15 is 8.78 Å². The molecule has 1 fully saturated rings. The minimum Gasteiger partial charge on any atom is -0.349 e. The average Bonchev–Trinajstić information content (AvgIpc) is 3.13. The van der Waals surface area contributed by atoms with Gasteiger partial charge in [-0.2, -0.15) is 4.98 Å². The second kappa shape index (κ2) is 14.4. The molecule has 4 atom stereocenters. The number of carbonyl (C=O) groups is 4. The summed E-state index contributed by atoms with van der Waals surface area (Å²) in [6.45, 7) is 14.2. The fourth-order valence-electron chi connectivity index (χ4n) is 6.93. The van der Waals surface area contributed by atoms with E-state index in [0.29, 0.717) is 0 Å². The molecule has 6 rings (SSSR count). The van der Waals surface area contributed by atoms with Gasteiger partial charge >= 0.3 is 5.69 Å². The van der Waals surface area contributed by atoms with Crippen LogP contribution in [0.25, 0.3) is 28.0 Å². The molecular formula is C38H41F2N9O5. The van der Waals surface area contributed by atoms with E-state index in [0.717, 1.165) is 16.7 Å². The molecule has 0 radical (unpaired) electrons. The van der Waals surface area contributed by atoms with Crippen molar-refractivity contribution in [3.8, 4) is 16.9 Å². The monoisotopic (exact) mass is 741 g/mol. The highest BCUT2D eigenvalue weighted by molar-refractivity contribution is 6.03. The van der Waals surface area contributed by atoms with Crippen LogP contribution in [0.2, 0.25) is 0 Å². The van der Waals surface area contributed by atoms with Crippen molar-refractivity contribution >= 4 is 46.2 Å². The van der Waals surface area contributed by atoms with E-state index in [4.69, 9.17) is 0 Å². The lowest BCUT2D eigenvalue weighted by Gasteiger charge is -2.44. The number of piperazine rings is 1. The van der Waals surface area contributed by atoms with E-state index in [2.05, 4.69) is 32.2 Å². The highest BCUT2D eigenvalue weighted by atomic mass is 19.1. The van der Waals surface area contributed by atoms with Crippen LogP contribution >= 0.6 is 0 Å². The van der Waals surface area contributed by atoms with E-state index in [1.807, 2.05) is 13.8 Å². The molecule has 0 aliphatic carbocycles.